The number of fused-ring (bicyclic) bond motifs is 5. The third-order valence-corrected chi connectivity index (χ3v) is 8.16. The average Bonchev–Trinajstić information content (AvgIpc) is 2.82. The van der Waals surface area contributed by atoms with Crippen LogP contribution in [0.3, 0.4) is 0 Å². The van der Waals surface area contributed by atoms with E-state index in [9.17, 15) is 9.59 Å². The van der Waals surface area contributed by atoms with E-state index in [-0.39, 0.29) is 17.5 Å². The van der Waals surface area contributed by atoms with Crippen molar-refractivity contribution in [2.24, 2.45) is 40.9 Å². The maximum atomic E-state index is 11.9. The molecule has 0 amide bonds. The molecular weight excluding hydrogens is 312 g/mol. The summed E-state index contributed by atoms with van der Waals surface area (Å²) in [4.78, 5) is 23.5. The van der Waals surface area contributed by atoms with Crippen LogP contribution in [0, 0.1) is 40.9 Å². The first-order valence-electron chi connectivity index (χ1n) is 10.2. The molecular formula is C22H32O3. The normalized spacial score (nSPS) is 48.9. The Hall–Kier alpha value is -1.12. The second kappa shape index (κ2) is 5.96. The number of carbonyl (C=O) groups is 2. The predicted octanol–water partition coefficient (Wildman–Crippen LogP) is 4.55. The zero-order valence-electron chi connectivity index (χ0n) is 16.1. The minimum Gasteiger partial charge on any atom is -0.462 e. The molecule has 0 N–H and O–H groups in total. The van der Waals surface area contributed by atoms with Gasteiger partial charge in [0.05, 0.1) is 0 Å². The maximum Gasteiger partial charge on any atom is 0.302 e. The van der Waals surface area contributed by atoms with Crippen LogP contribution in [0.1, 0.15) is 66.2 Å². The molecule has 3 heteroatoms. The molecule has 0 aliphatic heterocycles. The minimum absolute atomic E-state index is 0.0930. The van der Waals surface area contributed by atoms with E-state index in [4.69, 9.17) is 4.74 Å². The zero-order chi connectivity index (χ0) is 17.9. The highest BCUT2D eigenvalue weighted by Gasteiger charge is 2.60. The highest BCUT2D eigenvalue weighted by Crippen LogP contribution is 2.65. The van der Waals surface area contributed by atoms with Gasteiger partial charge in [-0.1, -0.05) is 26.3 Å². The van der Waals surface area contributed by atoms with Crippen molar-refractivity contribution in [3.8, 4) is 0 Å². The third kappa shape index (κ3) is 2.61. The number of esters is 1. The third-order valence-electron chi connectivity index (χ3n) is 8.16. The van der Waals surface area contributed by atoms with Crippen molar-refractivity contribution in [1.29, 1.82) is 0 Å². The zero-order valence-corrected chi connectivity index (χ0v) is 16.1. The maximum absolute atomic E-state index is 11.9. The molecule has 0 spiro atoms. The van der Waals surface area contributed by atoms with Gasteiger partial charge >= 0.3 is 5.97 Å². The summed E-state index contributed by atoms with van der Waals surface area (Å²) in [6.45, 7) is 8.73. The fourth-order valence-electron chi connectivity index (χ4n) is 7.48. The van der Waals surface area contributed by atoms with E-state index in [1.54, 1.807) is 6.92 Å². The lowest BCUT2D eigenvalue weighted by Crippen LogP contribution is -2.53. The molecule has 3 nitrogen and oxygen atoms in total. The van der Waals surface area contributed by atoms with Crippen LogP contribution in [0.5, 0.6) is 0 Å². The Labute approximate surface area is 151 Å². The number of ether oxygens (including phenoxy) is 1. The minimum atomic E-state index is -0.130. The number of ketones is 1. The van der Waals surface area contributed by atoms with Crippen LogP contribution in [-0.2, 0) is 14.3 Å². The Balaban J connectivity index is 1.67. The number of hydrogen-bond acceptors (Lipinski definition) is 3. The summed E-state index contributed by atoms with van der Waals surface area (Å²) in [5.74, 6) is 4.16. The molecule has 0 radical (unpaired) electrons. The van der Waals surface area contributed by atoms with Crippen LogP contribution >= 0.6 is 0 Å². The van der Waals surface area contributed by atoms with Crippen LogP contribution in [0.2, 0.25) is 0 Å². The average molecular weight is 344 g/mol. The van der Waals surface area contributed by atoms with Gasteiger partial charge in [0.2, 0.25) is 0 Å². The number of hydrogen-bond donors (Lipinski definition) is 0. The van der Waals surface area contributed by atoms with Gasteiger partial charge in [-0.15, -0.1) is 0 Å². The Morgan fingerprint density at radius 1 is 1.16 bits per heavy atom. The molecule has 0 aromatic carbocycles. The molecule has 0 aromatic rings. The van der Waals surface area contributed by atoms with Crippen molar-refractivity contribution in [1.82, 2.24) is 0 Å². The second-order valence-corrected chi connectivity index (χ2v) is 9.64. The van der Waals surface area contributed by atoms with E-state index >= 15 is 0 Å². The molecule has 138 valence electrons. The van der Waals surface area contributed by atoms with Gasteiger partial charge in [-0.2, -0.15) is 0 Å². The first-order valence-corrected chi connectivity index (χ1v) is 10.2. The predicted molar refractivity (Wildman–Crippen MR) is 96.7 cm³/mol. The van der Waals surface area contributed by atoms with Crippen LogP contribution in [0.4, 0.5) is 0 Å². The van der Waals surface area contributed by atoms with Gasteiger partial charge in [0.1, 0.15) is 6.10 Å². The van der Waals surface area contributed by atoms with Gasteiger partial charge in [-0.3, -0.25) is 9.59 Å². The van der Waals surface area contributed by atoms with Gasteiger partial charge in [-0.25, -0.2) is 0 Å². The van der Waals surface area contributed by atoms with Gasteiger partial charge < -0.3 is 4.74 Å². The van der Waals surface area contributed by atoms with Crippen LogP contribution < -0.4 is 0 Å². The smallest absolute Gasteiger partial charge is 0.302 e. The molecule has 4 aliphatic carbocycles. The summed E-state index contributed by atoms with van der Waals surface area (Å²) in [7, 11) is 0. The lowest BCUT2D eigenvalue weighted by molar-refractivity contribution is -0.160. The van der Waals surface area contributed by atoms with Crippen molar-refractivity contribution < 1.29 is 14.3 Å². The summed E-state index contributed by atoms with van der Waals surface area (Å²) in [6, 6.07) is 0. The fraction of sp³-hybridized carbons (Fsp3) is 0.818. The Morgan fingerprint density at radius 3 is 2.64 bits per heavy atom. The first-order chi connectivity index (χ1) is 11.8. The summed E-state index contributed by atoms with van der Waals surface area (Å²) in [6.07, 6.45) is 8.33. The molecule has 0 bridgehead atoms. The lowest BCUT2D eigenvalue weighted by Gasteiger charge is -2.58. The van der Waals surface area contributed by atoms with E-state index in [1.165, 1.54) is 12.0 Å². The summed E-state index contributed by atoms with van der Waals surface area (Å²) in [5.41, 5.74) is 1.57. The quantitative estimate of drug-likeness (QED) is 0.655. The summed E-state index contributed by atoms with van der Waals surface area (Å²) < 4.78 is 5.77. The number of allylic oxidation sites excluding steroid dienone is 1. The van der Waals surface area contributed by atoms with E-state index < -0.39 is 0 Å². The number of carbonyl (C=O) groups excluding carboxylic acids is 2. The van der Waals surface area contributed by atoms with E-state index in [2.05, 4.69) is 20.8 Å². The van der Waals surface area contributed by atoms with Crippen molar-refractivity contribution in [2.45, 2.75) is 72.3 Å². The van der Waals surface area contributed by atoms with Crippen LogP contribution in [0.15, 0.2) is 11.6 Å². The molecule has 8 atom stereocenters. The van der Waals surface area contributed by atoms with Crippen molar-refractivity contribution >= 4 is 11.8 Å². The molecule has 3 saturated carbocycles. The molecule has 4 aliphatic rings. The number of rotatable bonds is 1. The fourth-order valence-corrected chi connectivity index (χ4v) is 7.48. The van der Waals surface area contributed by atoms with Gasteiger partial charge in [0, 0.05) is 18.8 Å². The van der Waals surface area contributed by atoms with Crippen molar-refractivity contribution in [2.75, 3.05) is 0 Å². The summed E-state index contributed by atoms with van der Waals surface area (Å²) >= 11 is 0. The molecule has 3 unspecified atom stereocenters. The van der Waals surface area contributed by atoms with Gasteiger partial charge in [0.25, 0.3) is 0 Å². The highest BCUT2D eigenvalue weighted by molar-refractivity contribution is 5.91. The topological polar surface area (TPSA) is 43.4 Å². The molecule has 4 rings (SSSR count). The molecule has 0 heterocycles. The Kier molecular flexibility index (Phi) is 4.12. The van der Waals surface area contributed by atoms with Crippen LogP contribution in [0.25, 0.3) is 0 Å². The standard InChI is InChI=1S/C22H32O3/c1-12-9-15-10-16(24)5-6-17(15)20-13(2)11-22(4)18(21(12)20)7-8-19(22)25-14(3)23/h10,12-13,17-21H,5-9,11H2,1-4H3/t12-,13-,17-,18?,19-,20?,21?,22-/m0/s1. The SMILES string of the molecule is CC(=O)O[C@H]1CCC2C3C([C@@H](C)C[C@@]21C)[C@H]1CCC(=O)C=C1C[C@@H]3C. The van der Waals surface area contributed by atoms with Crippen molar-refractivity contribution in [3.63, 3.8) is 0 Å². The Bertz CT molecular complexity index is 621. The largest absolute Gasteiger partial charge is 0.462 e. The van der Waals surface area contributed by atoms with Gasteiger partial charge in [0.15, 0.2) is 5.78 Å². The molecule has 25 heavy (non-hydrogen) atoms. The monoisotopic (exact) mass is 344 g/mol. The van der Waals surface area contributed by atoms with E-state index in [0.29, 0.717) is 41.3 Å². The molecule has 3 fully saturated rings. The molecule has 0 aromatic heterocycles. The van der Waals surface area contributed by atoms with Gasteiger partial charge in [-0.05, 0) is 73.7 Å². The second-order valence-electron chi connectivity index (χ2n) is 9.64. The molecule has 0 saturated heterocycles. The highest BCUT2D eigenvalue weighted by atomic mass is 16.5. The van der Waals surface area contributed by atoms with Crippen molar-refractivity contribution in [3.05, 3.63) is 11.6 Å². The lowest BCUT2D eigenvalue weighted by atomic mass is 9.47. The summed E-state index contributed by atoms with van der Waals surface area (Å²) in [5, 5.41) is 0. The van der Waals surface area contributed by atoms with Crippen LogP contribution in [-0.4, -0.2) is 17.9 Å². The Morgan fingerprint density at radius 2 is 1.92 bits per heavy atom. The van der Waals surface area contributed by atoms with E-state index in [0.717, 1.165) is 32.1 Å². The van der Waals surface area contributed by atoms with E-state index in [1.807, 2.05) is 6.08 Å². The first kappa shape index (κ1) is 17.3.